The van der Waals surface area contributed by atoms with Crippen LogP contribution in [-0.2, 0) is 33.6 Å². The molecule has 0 spiro atoms. The summed E-state index contributed by atoms with van der Waals surface area (Å²) >= 11 is 0. The van der Waals surface area contributed by atoms with Crippen LogP contribution in [0, 0.1) is 11.8 Å². The number of nitrogens with one attached hydrogen (secondary N) is 1. The summed E-state index contributed by atoms with van der Waals surface area (Å²) < 4.78 is 11.3. The highest BCUT2D eigenvalue weighted by molar-refractivity contribution is 5.78. The maximum atomic E-state index is 13.8. The summed E-state index contributed by atoms with van der Waals surface area (Å²) in [6, 6.07) is 8.02. The second-order valence-corrected chi connectivity index (χ2v) is 12.0. The lowest BCUT2D eigenvalue weighted by Crippen LogP contribution is -2.60. The fraction of sp³-hybridized carbons (Fsp3) is 0.576. The van der Waals surface area contributed by atoms with Crippen molar-refractivity contribution >= 4 is 17.7 Å². The Morgan fingerprint density at radius 3 is 2.71 bits per heavy atom. The highest BCUT2D eigenvalue weighted by Crippen LogP contribution is 2.37. The summed E-state index contributed by atoms with van der Waals surface area (Å²) in [5.74, 6) is 2.24. The van der Waals surface area contributed by atoms with Crippen LogP contribution >= 0.6 is 0 Å². The molecular weight excluding hydrogens is 532 g/mol. The first-order valence-electron chi connectivity index (χ1n) is 15.4. The molecule has 42 heavy (non-hydrogen) atoms. The molecule has 0 unspecified atom stereocenters. The smallest absolute Gasteiger partial charge is 0.223 e. The van der Waals surface area contributed by atoms with Crippen molar-refractivity contribution < 1.29 is 23.9 Å². The predicted octanol–water partition coefficient (Wildman–Crippen LogP) is 3.57. The Labute approximate surface area is 249 Å². The number of rotatable bonds is 5. The number of likely N-dealkylation sites (tertiary alicyclic amines) is 1. The minimum atomic E-state index is 0.0318. The molecule has 3 atom stereocenters. The van der Waals surface area contributed by atoms with E-state index in [1.807, 2.05) is 29.3 Å². The Morgan fingerprint density at radius 2 is 1.93 bits per heavy atom. The van der Waals surface area contributed by atoms with E-state index in [1.54, 1.807) is 20.4 Å². The molecule has 2 fully saturated rings. The van der Waals surface area contributed by atoms with E-state index >= 15 is 0 Å². The van der Waals surface area contributed by atoms with Gasteiger partial charge in [0.1, 0.15) is 0 Å². The van der Waals surface area contributed by atoms with Crippen LogP contribution in [-0.4, -0.2) is 78.9 Å². The molecule has 9 nitrogen and oxygen atoms in total. The number of methoxy groups -OCH3 is 2. The number of aromatic nitrogens is 1. The number of amides is 3. The molecule has 9 heteroatoms. The first-order chi connectivity index (χ1) is 20.4. The van der Waals surface area contributed by atoms with Crippen LogP contribution in [0.15, 0.2) is 36.7 Å². The van der Waals surface area contributed by atoms with Gasteiger partial charge in [-0.1, -0.05) is 12.1 Å². The van der Waals surface area contributed by atoms with Crippen molar-refractivity contribution in [2.45, 2.75) is 70.3 Å². The number of ether oxygens (including phenoxy) is 2. The Morgan fingerprint density at radius 1 is 1.05 bits per heavy atom. The molecule has 5 rings (SSSR count). The van der Waals surface area contributed by atoms with E-state index in [4.69, 9.17) is 9.47 Å². The normalized spacial score (nSPS) is 23.5. The number of piperidine rings is 2. The summed E-state index contributed by atoms with van der Waals surface area (Å²) in [5, 5.41) is 3.06. The van der Waals surface area contributed by atoms with Crippen molar-refractivity contribution in [3.05, 3.63) is 53.3 Å². The van der Waals surface area contributed by atoms with Crippen molar-refractivity contribution in [3.63, 3.8) is 0 Å². The Hall–Kier alpha value is -3.62. The third kappa shape index (κ3) is 7.23. The van der Waals surface area contributed by atoms with Gasteiger partial charge in [-0.2, -0.15) is 0 Å². The molecule has 0 saturated carbocycles. The fourth-order valence-corrected chi connectivity index (χ4v) is 7.06. The summed E-state index contributed by atoms with van der Waals surface area (Å²) in [5.41, 5.74) is 3.14. The zero-order valence-electron chi connectivity index (χ0n) is 25.0. The lowest BCUT2D eigenvalue weighted by Gasteiger charge is -2.51. The molecule has 3 aliphatic heterocycles. The summed E-state index contributed by atoms with van der Waals surface area (Å²) in [6.07, 6.45) is 10.2. The largest absolute Gasteiger partial charge is 0.493 e. The first-order valence-corrected chi connectivity index (χ1v) is 15.4. The SMILES string of the molecule is COc1cc2cc(c1OC)CCCNC(=O)CCC[C@H]1[C@H]3C[C@@H](CN(C(=O)CCc4cccnc4)C3)CN1C(=O)CC2. The molecule has 4 bridgehead atoms. The molecule has 2 saturated heterocycles. The van der Waals surface area contributed by atoms with Crippen LogP contribution in [0.2, 0.25) is 0 Å². The molecule has 226 valence electrons. The van der Waals surface area contributed by atoms with Gasteiger partial charge in [-0.15, -0.1) is 0 Å². The van der Waals surface area contributed by atoms with Gasteiger partial charge < -0.3 is 24.6 Å². The van der Waals surface area contributed by atoms with Gasteiger partial charge in [0.25, 0.3) is 0 Å². The van der Waals surface area contributed by atoms with Crippen molar-refractivity contribution in [1.29, 1.82) is 0 Å². The first kappa shape index (κ1) is 29.9. The number of nitrogens with zero attached hydrogens (tertiary/aromatic N) is 3. The van der Waals surface area contributed by atoms with Gasteiger partial charge in [0.2, 0.25) is 17.7 Å². The van der Waals surface area contributed by atoms with Crippen molar-refractivity contribution in [3.8, 4) is 11.5 Å². The predicted molar refractivity (Wildman–Crippen MR) is 159 cm³/mol. The molecule has 0 aliphatic carbocycles. The number of hydrogen-bond donors (Lipinski definition) is 1. The average Bonchev–Trinajstić information content (AvgIpc) is 3.01. The molecule has 4 heterocycles. The maximum absolute atomic E-state index is 13.8. The second kappa shape index (κ2) is 14.0. The van der Waals surface area contributed by atoms with Gasteiger partial charge in [0.15, 0.2) is 11.5 Å². The fourth-order valence-electron chi connectivity index (χ4n) is 7.06. The quantitative estimate of drug-likeness (QED) is 0.584. The lowest BCUT2D eigenvalue weighted by molar-refractivity contribution is -0.145. The number of carbonyl (C=O) groups excluding carboxylic acids is 3. The van der Waals surface area contributed by atoms with Crippen LogP contribution in [0.25, 0.3) is 0 Å². The number of benzene rings is 1. The zero-order chi connectivity index (χ0) is 29.5. The molecular formula is C33H44N4O5. The number of hydrogen-bond acceptors (Lipinski definition) is 6. The van der Waals surface area contributed by atoms with Crippen LogP contribution in [0.1, 0.15) is 61.6 Å². The van der Waals surface area contributed by atoms with E-state index in [0.29, 0.717) is 69.8 Å². The molecule has 3 aliphatic rings. The minimum Gasteiger partial charge on any atom is -0.493 e. The van der Waals surface area contributed by atoms with E-state index in [2.05, 4.69) is 21.3 Å². The molecule has 0 radical (unpaired) electrons. The third-order valence-corrected chi connectivity index (χ3v) is 9.08. The van der Waals surface area contributed by atoms with Gasteiger partial charge in [0, 0.05) is 63.9 Å². The van der Waals surface area contributed by atoms with E-state index in [-0.39, 0.29) is 35.6 Å². The van der Waals surface area contributed by atoms with Crippen molar-refractivity contribution in [2.75, 3.05) is 40.4 Å². The number of carbonyl (C=O) groups is 3. The third-order valence-electron chi connectivity index (χ3n) is 9.08. The van der Waals surface area contributed by atoms with Crippen LogP contribution in [0.5, 0.6) is 11.5 Å². The van der Waals surface area contributed by atoms with E-state index in [1.165, 1.54) is 0 Å². The van der Waals surface area contributed by atoms with E-state index in [0.717, 1.165) is 48.8 Å². The maximum Gasteiger partial charge on any atom is 0.223 e. The summed E-state index contributed by atoms with van der Waals surface area (Å²) in [6.45, 7) is 2.63. The molecule has 1 N–H and O–H groups in total. The van der Waals surface area contributed by atoms with E-state index in [9.17, 15) is 14.4 Å². The molecule has 1 aromatic heterocycles. The Balaban J connectivity index is 1.31. The Bertz CT molecular complexity index is 1250. The zero-order valence-corrected chi connectivity index (χ0v) is 25.0. The van der Waals surface area contributed by atoms with Gasteiger partial charge in [-0.05, 0) is 85.6 Å². The molecule has 2 aromatic rings. The van der Waals surface area contributed by atoms with Crippen LogP contribution in [0.4, 0.5) is 0 Å². The van der Waals surface area contributed by atoms with Crippen LogP contribution in [0.3, 0.4) is 0 Å². The summed E-state index contributed by atoms with van der Waals surface area (Å²) in [7, 11) is 3.27. The number of aryl methyl sites for hydroxylation is 3. The lowest BCUT2D eigenvalue weighted by atomic mass is 9.77. The standard InChI is InChI=1S/C33H44N4O5/c1-41-29-18-24-11-13-32(40)37-21-25-17-27(22-36(20-25)31(39)12-10-23-6-4-14-34-19-23)28(37)8-3-9-30(38)35-15-5-7-26(16-24)33(29)42-2/h4,6,14,16,18-19,25,27-28H,3,5,7-13,15,17,20-22H2,1-2H3,(H,35,38)/t25-,27-,28-/m0/s1. The van der Waals surface area contributed by atoms with Gasteiger partial charge in [0.05, 0.1) is 14.2 Å². The minimum absolute atomic E-state index is 0.0318. The van der Waals surface area contributed by atoms with Gasteiger partial charge >= 0.3 is 0 Å². The van der Waals surface area contributed by atoms with E-state index < -0.39 is 0 Å². The highest BCUT2D eigenvalue weighted by Gasteiger charge is 2.43. The number of fused-ring (bicyclic) bond motifs is 6. The van der Waals surface area contributed by atoms with Crippen LogP contribution < -0.4 is 14.8 Å². The highest BCUT2D eigenvalue weighted by atomic mass is 16.5. The van der Waals surface area contributed by atoms with Crippen molar-refractivity contribution in [1.82, 2.24) is 20.1 Å². The molecule has 1 aromatic carbocycles. The molecule has 3 amide bonds. The summed E-state index contributed by atoms with van der Waals surface area (Å²) in [4.78, 5) is 48.0. The van der Waals surface area contributed by atoms with Crippen molar-refractivity contribution in [2.24, 2.45) is 11.8 Å². The topological polar surface area (TPSA) is 101 Å². The van der Waals surface area contributed by atoms with Gasteiger partial charge in [-0.25, -0.2) is 0 Å². The Kier molecular flexibility index (Phi) is 9.97. The second-order valence-electron chi connectivity index (χ2n) is 12.0. The average molecular weight is 577 g/mol. The van der Waals surface area contributed by atoms with Gasteiger partial charge in [-0.3, -0.25) is 19.4 Å². The monoisotopic (exact) mass is 576 g/mol. The number of pyridine rings is 1.